The SMILES string of the molecule is O=C(NCc1cccnc1)C1CCN(c2ccnc3c(Br)cccc23)CC1. The molecule has 0 radical (unpaired) electrons. The van der Waals surface area contributed by atoms with Crippen LogP contribution in [-0.4, -0.2) is 29.0 Å². The van der Waals surface area contributed by atoms with Crippen LogP contribution in [0.1, 0.15) is 18.4 Å². The number of carbonyl (C=O) groups is 1. The van der Waals surface area contributed by atoms with Gasteiger partial charge in [-0.05, 0) is 52.5 Å². The van der Waals surface area contributed by atoms with Crippen molar-refractivity contribution in [1.82, 2.24) is 15.3 Å². The molecule has 1 N–H and O–H groups in total. The molecule has 1 fully saturated rings. The van der Waals surface area contributed by atoms with Crippen LogP contribution in [0.3, 0.4) is 0 Å². The molecule has 1 saturated heterocycles. The third-order valence-electron chi connectivity index (χ3n) is 5.09. The van der Waals surface area contributed by atoms with Gasteiger partial charge in [-0.3, -0.25) is 14.8 Å². The van der Waals surface area contributed by atoms with Crippen LogP contribution >= 0.6 is 15.9 Å². The molecular weight excluding hydrogens is 404 g/mol. The number of rotatable bonds is 4. The maximum atomic E-state index is 12.5. The normalized spacial score (nSPS) is 15.1. The highest BCUT2D eigenvalue weighted by Crippen LogP contribution is 2.32. The Morgan fingerprint density at radius 1 is 1.15 bits per heavy atom. The molecule has 1 amide bonds. The van der Waals surface area contributed by atoms with E-state index >= 15 is 0 Å². The van der Waals surface area contributed by atoms with Gasteiger partial charge >= 0.3 is 0 Å². The summed E-state index contributed by atoms with van der Waals surface area (Å²) in [6, 6.07) is 12.1. The van der Waals surface area contributed by atoms with Crippen LogP contribution < -0.4 is 10.2 Å². The number of benzene rings is 1. The number of pyridine rings is 2. The third-order valence-corrected chi connectivity index (χ3v) is 5.73. The zero-order chi connectivity index (χ0) is 18.6. The zero-order valence-electron chi connectivity index (χ0n) is 14.9. The Kier molecular flexibility index (Phi) is 5.34. The number of para-hydroxylation sites is 1. The van der Waals surface area contributed by atoms with Crippen LogP contribution in [0, 0.1) is 5.92 Å². The van der Waals surface area contributed by atoms with E-state index in [0.717, 1.165) is 46.9 Å². The second-order valence-corrected chi connectivity index (χ2v) is 7.66. The topological polar surface area (TPSA) is 58.1 Å². The average molecular weight is 425 g/mol. The molecule has 5 nitrogen and oxygen atoms in total. The highest BCUT2D eigenvalue weighted by atomic mass is 79.9. The van der Waals surface area contributed by atoms with Crippen molar-refractivity contribution in [3.63, 3.8) is 0 Å². The number of halogens is 1. The van der Waals surface area contributed by atoms with Crippen molar-refractivity contribution in [2.24, 2.45) is 5.92 Å². The quantitative estimate of drug-likeness (QED) is 0.689. The number of hydrogen-bond acceptors (Lipinski definition) is 4. The van der Waals surface area contributed by atoms with E-state index in [1.165, 1.54) is 5.69 Å². The van der Waals surface area contributed by atoms with Crippen molar-refractivity contribution in [2.75, 3.05) is 18.0 Å². The number of amides is 1. The predicted octanol–water partition coefficient (Wildman–Crippen LogP) is 3.93. The van der Waals surface area contributed by atoms with Gasteiger partial charge in [0.1, 0.15) is 0 Å². The molecule has 138 valence electrons. The standard InChI is InChI=1S/C21H21BrN4O/c22-18-5-1-4-17-19(6-10-24-20(17)18)26-11-7-16(8-12-26)21(27)25-14-15-3-2-9-23-13-15/h1-6,9-10,13,16H,7-8,11-12,14H2,(H,25,27). The Morgan fingerprint density at radius 3 is 2.78 bits per heavy atom. The lowest BCUT2D eigenvalue weighted by Crippen LogP contribution is -2.40. The number of carbonyl (C=O) groups excluding carboxylic acids is 1. The molecule has 27 heavy (non-hydrogen) atoms. The van der Waals surface area contributed by atoms with E-state index in [9.17, 15) is 4.79 Å². The molecule has 0 atom stereocenters. The summed E-state index contributed by atoms with van der Waals surface area (Å²) in [5, 5.41) is 4.19. The Labute approximate surface area is 166 Å². The Balaban J connectivity index is 1.39. The number of hydrogen-bond donors (Lipinski definition) is 1. The van der Waals surface area contributed by atoms with Gasteiger partial charge in [-0.1, -0.05) is 18.2 Å². The fourth-order valence-corrected chi connectivity index (χ4v) is 4.09. The first-order valence-electron chi connectivity index (χ1n) is 9.17. The van der Waals surface area contributed by atoms with E-state index in [2.05, 4.69) is 48.2 Å². The molecule has 0 spiro atoms. The molecule has 0 bridgehead atoms. The molecule has 0 unspecified atom stereocenters. The van der Waals surface area contributed by atoms with Gasteiger partial charge in [0.25, 0.3) is 0 Å². The van der Waals surface area contributed by atoms with Crippen molar-refractivity contribution in [3.8, 4) is 0 Å². The van der Waals surface area contributed by atoms with Gasteiger partial charge in [-0.15, -0.1) is 0 Å². The lowest BCUT2D eigenvalue weighted by molar-refractivity contribution is -0.125. The van der Waals surface area contributed by atoms with Gasteiger partial charge in [0.15, 0.2) is 0 Å². The molecule has 0 saturated carbocycles. The number of fused-ring (bicyclic) bond motifs is 1. The number of anilines is 1. The van der Waals surface area contributed by atoms with E-state index < -0.39 is 0 Å². The molecule has 0 aliphatic carbocycles. The van der Waals surface area contributed by atoms with Crippen molar-refractivity contribution < 1.29 is 4.79 Å². The summed E-state index contributed by atoms with van der Waals surface area (Å²) in [4.78, 5) is 23.4. The van der Waals surface area contributed by atoms with Crippen molar-refractivity contribution in [3.05, 3.63) is 65.0 Å². The smallest absolute Gasteiger partial charge is 0.223 e. The molecule has 1 aliphatic rings. The molecule has 4 rings (SSSR count). The minimum atomic E-state index is 0.0674. The van der Waals surface area contributed by atoms with E-state index in [1.54, 1.807) is 12.4 Å². The fraction of sp³-hybridized carbons (Fsp3) is 0.286. The van der Waals surface area contributed by atoms with E-state index in [0.29, 0.717) is 6.54 Å². The summed E-state index contributed by atoms with van der Waals surface area (Å²) in [7, 11) is 0. The molecule has 3 heterocycles. The molecular formula is C21H21BrN4O. The van der Waals surface area contributed by atoms with E-state index in [1.807, 2.05) is 30.5 Å². The van der Waals surface area contributed by atoms with Crippen molar-refractivity contribution in [1.29, 1.82) is 0 Å². The van der Waals surface area contributed by atoms with Crippen LogP contribution in [0.2, 0.25) is 0 Å². The highest BCUT2D eigenvalue weighted by Gasteiger charge is 2.25. The molecule has 1 aliphatic heterocycles. The van der Waals surface area contributed by atoms with Crippen LogP contribution in [0.15, 0.2) is 59.5 Å². The summed E-state index contributed by atoms with van der Waals surface area (Å²) in [6.45, 7) is 2.28. The van der Waals surface area contributed by atoms with Gasteiger partial charge in [0.2, 0.25) is 5.91 Å². The predicted molar refractivity (Wildman–Crippen MR) is 110 cm³/mol. The number of nitrogens with zero attached hydrogens (tertiary/aromatic N) is 3. The first-order chi connectivity index (χ1) is 13.2. The van der Waals surface area contributed by atoms with Gasteiger partial charge in [0.05, 0.1) is 5.52 Å². The maximum absolute atomic E-state index is 12.5. The minimum absolute atomic E-state index is 0.0674. The third kappa shape index (κ3) is 3.95. The average Bonchev–Trinajstić information content (AvgIpc) is 2.73. The maximum Gasteiger partial charge on any atom is 0.223 e. The Bertz CT molecular complexity index is 939. The first kappa shape index (κ1) is 17.9. The Morgan fingerprint density at radius 2 is 2.00 bits per heavy atom. The summed E-state index contributed by atoms with van der Waals surface area (Å²) < 4.78 is 1.01. The zero-order valence-corrected chi connectivity index (χ0v) is 16.5. The van der Waals surface area contributed by atoms with Crippen molar-refractivity contribution >= 4 is 38.4 Å². The fourth-order valence-electron chi connectivity index (χ4n) is 3.62. The van der Waals surface area contributed by atoms with Crippen LogP contribution in [0.4, 0.5) is 5.69 Å². The summed E-state index contributed by atoms with van der Waals surface area (Å²) >= 11 is 3.58. The summed E-state index contributed by atoms with van der Waals surface area (Å²) in [5.41, 5.74) is 3.19. The lowest BCUT2D eigenvalue weighted by atomic mass is 9.95. The summed E-state index contributed by atoms with van der Waals surface area (Å²) in [6.07, 6.45) is 7.10. The van der Waals surface area contributed by atoms with Gasteiger partial charge in [0, 0.05) is 59.7 Å². The van der Waals surface area contributed by atoms with Gasteiger partial charge < -0.3 is 10.2 Å². The van der Waals surface area contributed by atoms with E-state index in [4.69, 9.17) is 0 Å². The van der Waals surface area contributed by atoms with Gasteiger partial charge in [-0.2, -0.15) is 0 Å². The first-order valence-corrected chi connectivity index (χ1v) is 9.96. The number of nitrogens with one attached hydrogen (secondary N) is 1. The van der Waals surface area contributed by atoms with Crippen LogP contribution in [0.25, 0.3) is 10.9 Å². The summed E-state index contributed by atoms with van der Waals surface area (Å²) in [5.74, 6) is 0.207. The molecule has 6 heteroatoms. The van der Waals surface area contributed by atoms with Crippen molar-refractivity contribution in [2.45, 2.75) is 19.4 Å². The van der Waals surface area contributed by atoms with Crippen LogP contribution in [-0.2, 0) is 11.3 Å². The molecule has 3 aromatic rings. The largest absolute Gasteiger partial charge is 0.371 e. The minimum Gasteiger partial charge on any atom is -0.371 e. The Hall–Kier alpha value is -2.47. The lowest BCUT2D eigenvalue weighted by Gasteiger charge is -2.33. The van der Waals surface area contributed by atoms with Gasteiger partial charge in [-0.25, -0.2) is 0 Å². The second kappa shape index (κ2) is 8.05. The highest BCUT2D eigenvalue weighted by molar-refractivity contribution is 9.10. The molecule has 1 aromatic carbocycles. The monoisotopic (exact) mass is 424 g/mol. The van der Waals surface area contributed by atoms with E-state index in [-0.39, 0.29) is 11.8 Å². The van der Waals surface area contributed by atoms with Crippen LogP contribution in [0.5, 0.6) is 0 Å². The number of piperidine rings is 1. The second-order valence-electron chi connectivity index (χ2n) is 6.81. The number of aromatic nitrogens is 2. The molecule has 2 aromatic heterocycles.